The highest BCUT2D eigenvalue weighted by Crippen LogP contribution is 2.27. The molecular weight excluding hydrogens is 409 g/mol. The molecule has 0 radical (unpaired) electrons. The monoisotopic (exact) mass is 431 g/mol. The Kier molecular flexibility index (Phi) is 5.29. The lowest BCUT2D eigenvalue weighted by atomic mass is 10.1. The number of rotatable bonds is 4. The molecule has 1 aliphatic rings. The van der Waals surface area contributed by atoms with Crippen LogP contribution in [-0.2, 0) is 10.0 Å². The van der Waals surface area contributed by atoms with Crippen molar-refractivity contribution in [3.8, 4) is 5.82 Å². The average Bonchev–Trinajstić information content (AvgIpc) is 3.06. The van der Waals surface area contributed by atoms with Gasteiger partial charge in [0.2, 0.25) is 10.0 Å². The number of hydrogen-bond donors (Lipinski definition) is 0. The van der Waals surface area contributed by atoms with E-state index in [1.807, 2.05) is 19.9 Å². The van der Waals surface area contributed by atoms with Crippen LogP contribution in [0, 0.1) is 19.7 Å². The van der Waals surface area contributed by atoms with E-state index in [9.17, 15) is 17.6 Å². The maximum Gasteiger partial charge on any atom is 0.267 e. The molecule has 30 heavy (non-hydrogen) atoms. The van der Waals surface area contributed by atoms with Gasteiger partial charge in [0, 0.05) is 24.8 Å². The number of hydrogen-bond acceptors (Lipinski definition) is 5. The molecule has 0 bridgehead atoms. The molecular formula is C20H22FN5O3S. The van der Waals surface area contributed by atoms with E-state index >= 15 is 0 Å². The van der Waals surface area contributed by atoms with Crippen molar-refractivity contribution in [2.75, 3.05) is 13.1 Å². The Balaban J connectivity index is 1.56. The Morgan fingerprint density at radius 1 is 1.03 bits per heavy atom. The van der Waals surface area contributed by atoms with Gasteiger partial charge in [-0.05, 0) is 51.0 Å². The Hall–Kier alpha value is -2.85. The lowest BCUT2D eigenvalue weighted by molar-refractivity contribution is 0.254. The minimum atomic E-state index is -3.93. The van der Waals surface area contributed by atoms with E-state index in [4.69, 9.17) is 0 Å². The number of aromatic nitrogens is 4. The normalized spacial score (nSPS) is 16.1. The van der Waals surface area contributed by atoms with Gasteiger partial charge in [-0.1, -0.05) is 12.1 Å². The third-order valence-corrected chi connectivity index (χ3v) is 7.19. The standard InChI is InChI=1S/C20H22FN5O3S/c1-14-13-15(2)25(22-14)19-7-8-20(27)26(23-19)16-9-11-24(12-10-16)30(28,29)18-6-4-3-5-17(18)21/h3-8,13,16H,9-12H2,1-2H3. The number of aryl methyl sites for hydroxylation is 2. The first-order chi connectivity index (χ1) is 14.3. The predicted octanol–water partition coefficient (Wildman–Crippen LogP) is 2.21. The van der Waals surface area contributed by atoms with E-state index in [1.54, 1.807) is 10.7 Å². The summed E-state index contributed by atoms with van der Waals surface area (Å²) < 4.78 is 43.9. The van der Waals surface area contributed by atoms with Crippen molar-refractivity contribution in [2.24, 2.45) is 0 Å². The molecule has 10 heteroatoms. The summed E-state index contributed by atoms with van der Waals surface area (Å²) in [7, 11) is -3.93. The fourth-order valence-electron chi connectivity index (χ4n) is 3.77. The molecule has 0 aliphatic carbocycles. The molecule has 1 saturated heterocycles. The zero-order valence-electron chi connectivity index (χ0n) is 16.7. The van der Waals surface area contributed by atoms with Gasteiger partial charge in [0.15, 0.2) is 5.82 Å². The van der Waals surface area contributed by atoms with Crippen LogP contribution in [0.1, 0.15) is 30.3 Å². The van der Waals surface area contributed by atoms with Crippen molar-refractivity contribution in [3.63, 3.8) is 0 Å². The van der Waals surface area contributed by atoms with E-state index < -0.39 is 15.8 Å². The molecule has 8 nitrogen and oxygen atoms in total. The Morgan fingerprint density at radius 3 is 2.37 bits per heavy atom. The van der Waals surface area contributed by atoms with Crippen molar-refractivity contribution in [1.82, 2.24) is 23.9 Å². The first-order valence-electron chi connectivity index (χ1n) is 9.65. The first-order valence-corrected chi connectivity index (χ1v) is 11.1. The van der Waals surface area contributed by atoms with Gasteiger partial charge in [-0.2, -0.15) is 9.40 Å². The zero-order valence-corrected chi connectivity index (χ0v) is 17.5. The Morgan fingerprint density at radius 2 is 1.73 bits per heavy atom. The van der Waals surface area contributed by atoms with Gasteiger partial charge >= 0.3 is 0 Å². The summed E-state index contributed by atoms with van der Waals surface area (Å²) in [6, 6.07) is 10.1. The van der Waals surface area contributed by atoms with Gasteiger partial charge < -0.3 is 0 Å². The van der Waals surface area contributed by atoms with Gasteiger partial charge in [0.1, 0.15) is 10.7 Å². The molecule has 4 rings (SSSR count). The molecule has 1 fully saturated rings. The number of halogens is 1. The summed E-state index contributed by atoms with van der Waals surface area (Å²) in [5.74, 6) is -0.239. The van der Waals surface area contributed by atoms with Crippen LogP contribution >= 0.6 is 0 Å². The number of sulfonamides is 1. The first kappa shape index (κ1) is 20.4. The fraction of sp³-hybridized carbons (Fsp3) is 0.350. The third-order valence-electron chi connectivity index (χ3n) is 5.26. The van der Waals surface area contributed by atoms with Gasteiger partial charge in [-0.15, -0.1) is 5.10 Å². The van der Waals surface area contributed by atoms with E-state index in [2.05, 4.69) is 10.2 Å². The molecule has 158 valence electrons. The maximum absolute atomic E-state index is 14.0. The Labute approximate surface area is 173 Å². The number of benzene rings is 1. The smallest absolute Gasteiger partial charge is 0.267 e. The summed E-state index contributed by atoms with van der Waals surface area (Å²) in [5, 5.41) is 8.87. The molecule has 1 aliphatic heterocycles. The van der Waals surface area contributed by atoms with E-state index in [0.29, 0.717) is 18.7 Å². The quantitative estimate of drug-likeness (QED) is 0.632. The molecule has 0 atom stereocenters. The maximum atomic E-state index is 14.0. The SMILES string of the molecule is Cc1cc(C)n(-c2ccc(=O)n(C3CCN(S(=O)(=O)c4ccccc4F)CC3)n2)n1. The highest BCUT2D eigenvalue weighted by molar-refractivity contribution is 7.89. The molecule has 0 spiro atoms. The van der Waals surface area contributed by atoms with Crippen LogP contribution in [0.25, 0.3) is 5.82 Å². The average molecular weight is 431 g/mol. The minimum absolute atomic E-state index is 0.180. The minimum Gasteiger partial charge on any atom is -0.268 e. The third kappa shape index (κ3) is 3.68. The van der Waals surface area contributed by atoms with Gasteiger partial charge in [0.05, 0.1) is 11.7 Å². The fourth-order valence-corrected chi connectivity index (χ4v) is 5.31. The van der Waals surface area contributed by atoms with Gasteiger partial charge in [-0.25, -0.2) is 22.2 Å². The predicted molar refractivity (Wildman–Crippen MR) is 109 cm³/mol. The summed E-state index contributed by atoms with van der Waals surface area (Å²) in [4.78, 5) is 12.1. The second-order valence-electron chi connectivity index (χ2n) is 7.38. The highest BCUT2D eigenvalue weighted by Gasteiger charge is 2.32. The summed E-state index contributed by atoms with van der Waals surface area (Å²) in [5.41, 5.74) is 1.49. The molecule has 0 saturated carbocycles. The van der Waals surface area contributed by atoms with Crippen LogP contribution in [-0.4, -0.2) is 45.4 Å². The van der Waals surface area contributed by atoms with Crippen molar-refractivity contribution in [1.29, 1.82) is 0 Å². The molecule has 3 aromatic rings. The molecule has 2 aromatic heterocycles. The van der Waals surface area contributed by atoms with Crippen LogP contribution in [0.3, 0.4) is 0 Å². The number of nitrogens with zero attached hydrogens (tertiary/aromatic N) is 5. The van der Waals surface area contributed by atoms with Crippen molar-refractivity contribution < 1.29 is 12.8 Å². The van der Waals surface area contributed by atoms with E-state index in [-0.39, 0.29) is 29.6 Å². The molecule has 1 aromatic carbocycles. The van der Waals surface area contributed by atoms with Crippen molar-refractivity contribution >= 4 is 10.0 Å². The van der Waals surface area contributed by atoms with Crippen molar-refractivity contribution in [2.45, 2.75) is 37.6 Å². The summed E-state index contributed by atoms with van der Waals surface area (Å²) >= 11 is 0. The van der Waals surface area contributed by atoms with Gasteiger partial charge in [-0.3, -0.25) is 4.79 Å². The topological polar surface area (TPSA) is 90.1 Å². The van der Waals surface area contributed by atoms with E-state index in [0.717, 1.165) is 17.5 Å². The molecule has 0 amide bonds. The molecule has 0 N–H and O–H groups in total. The molecule has 0 unspecified atom stereocenters. The summed E-state index contributed by atoms with van der Waals surface area (Å²) in [6.07, 6.45) is 0.808. The Bertz CT molecular complexity index is 1240. The summed E-state index contributed by atoms with van der Waals surface area (Å²) in [6.45, 7) is 4.15. The zero-order chi connectivity index (χ0) is 21.5. The lowest BCUT2D eigenvalue weighted by Gasteiger charge is -2.31. The second-order valence-corrected chi connectivity index (χ2v) is 9.29. The molecule has 3 heterocycles. The van der Waals surface area contributed by atoms with Gasteiger partial charge in [0.25, 0.3) is 5.56 Å². The highest BCUT2D eigenvalue weighted by atomic mass is 32.2. The van der Waals surface area contributed by atoms with Crippen LogP contribution < -0.4 is 5.56 Å². The second kappa shape index (κ2) is 7.77. The van der Waals surface area contributed by atoms with Crippen LogP contribution in [0.5, 0.6) is 0 Å². The van der Waals surface area contributed by atoms with Crippen molar-refractivity contribution in [3.05, 3.63) is 70.0 Å². The van der Waals surface area contributed by atoms with Crippen LogP contribution in [0.15, 0.2) is 52.2 Å². The van der Waals surface area contributed by atoms with Crippen LogP contribution in [0.4, 0.5) is 4.39 Å². The van der Waals surface area contributed by atoms with E-state index in [1.165, 1.54) is 33.3 Å². The lowest BCUT2D eigenvalue weighted by Crippen LogP contribution is -2.41. The largest absolute Gasteiger partial charge is 0.268 e. The number of piperidine rings is 1. The van der Waals surface area contributed by atoms with Crippen LogP contribution in [0.2, 0.25) is 0 Å².